The Morgan fingerprint density at radius 3 is 2.37 bits per heavy atom. The lowest BCUT2D eigenvalue weighted by molar-refractivity contribution is 0.00578. The lowest BCUT2D eigenvalue weighted by Gasteiger charge is -2.32. The zero-order valence-electron chi connectivity index (χ0n) is 11.6. The van der Waals surface area contributed by atoms with Gasteiger partial charge in [0, 0.05) is 0 Å². The fraction of sp³-hybridized carbons (Fsp3) is 0.462. The van der Waals surface area contributed by atoms with Gasteiger partial charge in [0.05, 0.1) is 11.2 Å². The van der Waals surface area contributed by atoms with Crippen molar-refractivity contribution in [2.75, 3.05) is 5.73 Å². The van der Waals surface area contributed by atoms with Crippen molar-refractivity contribution in [2.45, 2.75) is 38.9 Å². The van der Waals surface area contributed by atoms with Crippen molar-refractivity contribution in [3.63, 3.8) is 0 Å². The molecule has 3 rings (SSSR count). The van der Waals surface area contributed by atoms with Gasteiger partial charge in [-0.15, -0.1) is 0 Å². The summed E-state index contributed by atoms with van der Waals surface area (Å²) in [4.78, 5) is 4.07. The van der Waals surface area contributed by atoms with Crippen molar-refractivity contribution in [1.29, 1.82) is 0 Å². The quantitative estimate of drug-likeness (QED) is 0.790. The van der Waals surface area contributed by atoms with Crippen molar-refractivity contribution in [3.05, 3.63) is 18.2 Å². The number of anilines is 1. The molecule has 1 aliphatic heterocycles. The third-order valence-corrected chi connectivity index (χ3v) is 3.95. The molecule has 1 saturated heterocycles. The fourth-order valence-corrected chi connectivity index (χ4v) is 2.08. The van der Waals surface area contributed by atoms with Crippen LogP contribution in [0.3, 0.4) is 0 Å². The minimum absolute atomic E-state index is 0.168. The summed E-state index contributed by atoms with van der Waals surface area (Å²) in [5.41, 5.74) is 7.11. The molecule has 0 radical (unpaired) electrons. The third-order valence-electron chi connectivity index (χ3n) is 3.95. The third kappa shape index (κ3) is 1.91. The Bertz CT molecular complexity index is 620. The Hall–Kier alpha value is -1.53. The lowest BCUT2D eigenvalue weighted by atomic mass is 9.79. The number of nitrogen functional groups attached to an aromatic ring is 1. The SMILES string of the molecule is CC1(C)OB(c2ccc3nc(N)oc3c2)OC1(C)C. The van der Waals surface area contributed by atoms with Gasteiger partial charge in [0.1, 0.15) is 5.52 Å². The van der Waals surface area contributed by atoms with Crippen LogP contribution in [0.5, 0.6) is 0 Å². The Balaban J connectivity index is 1.97. The molecule has 2 N–H and O–H groups in total. The summed E-state index contributed by atoms with van der Waals surface area (Å²) < 4.78 is 17.3. The number of nitrogens with zero attached hydrogens (tertiary/aromatic N) is 1. The Morgan fingerprint density at radius 2 is 1.74 bits per heavy atom. The van der Waals surface area contributed by atoms with E-state index in [1.807, 2.05) is 45.9 Å². The molecule has 0 atom stereocenters. The number of nitrogens with two attached hydrogens (primary N) is 1. The highest BCUT2D eigenvalue weighted by molar-refractivity contribution is 6.62. The molecular weight excluding hydrogens is 243 g/mol. The summed E-state index contributed by atoms with van der Waals surface area (Å²) in [5, 5.41) is 0. The first-order chi connectivity index (χ1) is 8.78. The molecule has 1 aromatic carbocycles. The number of fused-ring (bicyclic) bond motifs is 1. The van der Waals surface area contributed by atoms with Crippen molar-refractivity contribution < 1.29 is 13.7 Å². The molecule has 0 unspecified atom stereocenters. The molecule has 5 nitrogen and oxygen atoms in total. The minimum Gasteiger partial charge on any atom is -0.424 e. The Morgan fingerprint density at radius 1 is 1.11 bits per heavy atom. The van der Waals surface area contributed by atoms with Crippen LogP contribution in [0, 0.1) is 0 Å². The van der Waals surface area contributed by atoms with Gasteiger partial charge in [0.15, 0.2) is 5.58 Å². The second-order valence-electron chi connectivity index (χ2n) is 5.87. The van der Waals surface area contributed by atoms with Crippen molar-refractivity contribution in [3.8, 4) is 0 Å². The van der Waals surface area contributed by atoms with Crippen LogP contribution in [-0.4, -0.2) is 23.3 Å². The van der Waals surface area contributed by atoms with Crippen LogP contribution >= 0.6 is 0 Å². The van der Waals surface area contributed by atoms with Crippen LogP contribution in [0.15, 0.2) is 22.6 Å². The zero-order valence-corrected chi connectivity index (χ0v) is 11.6. The van der Waals surface area contributed by atoms with Crippen molar-refractivity contribution >= 4 is 29.7 Å². The molecule has 2 heterocycles. The van der Waals surface area contributed by atoms with Gasteiger partial charge in [-0.25, -0.2) is 0 Å². The summed E-state index contributed by atoms with van der Waals surface area (Å²) in [7, 11) is -0.402. The van der Waals surface area contributed by atoms with Gasteiger partial charge >= 0.3 is 7.12 Å². The number of aromatic nitrogens is 1. The van der Waals surface area contributed by atoms with Crippen LogP contribution in [0.2, 0.25) is 0 Å². The van der Waals surface area contributed by atoms with Crippen molar-refractivity contribution in [1.82, 2.24) is 4.98 Å². The largest absolute Gasteiger partial charge is 0.494 e. The average molecular weight is 260 g/mol. The van der Waals surface area contributed by atoms with E-state index in [0.717, 1.165) is 11.0 Å². The number of hydrogen-bond donors (Lipinski definition) is 1. The predicted octanol–water partition coefficient (Wildman–Crippen LogP) is 1.71. The van der Waals surface area contributed by atoms with Crippen LogP contribution in [0.1, 0.15) is 27.7 Å². The topological polar surface area (TPSA) is 70.5 Å². The summed E-state index contributed by atoms with van der Waals surface area (Å²) in [6.45, 7) is 8.10. The van der Waals surface area contributed by atoms with Crippen LogP contribution < -0.4 is 11.2 Å². The highest BCUT2D eigenvalue weighted by Gasteiger charge is 2.51. The lowest BCUT2D eigenvalue weighted by Crippen LogP contribution is -2.41. The molecule has 6 heteroatoms. The Labute approximate surface area is 112 Å². The standard InChI is InChI=1S/C13H17BN2O3/c1-12(2)13(3,4)19-14(18-12)8-5-6-9-10(7-8)17-11(15)16-9/h5-7H,1-4H3,(H2,15,16). The summed E-state index contributed by atoms with van der Waals surface area (Å²) in [6.07, 6.45) is 0. The van der Waals surface area contributed by atoms with E-state index in [4.69, 9.17) is 19.5 Å². The fourth-order valence-electron chi connectivity index (χ4n) is 2.08. The molecular formula is C13H17BN2O3. The number of oxazole rings is 1. The molecule has 0 amide bonds. The van der Waals surface area contributed by atoms with E-state index in [0.29, 0.717) is 5.58 Å². The van der Waals surface area contributed by atoms with E-state index in [-0.39, 0.29) is 17.2 Å². The first-order valence-electron chi connectivity index (χ1n) is 6.30. The average Bonchev–Trinajstić information content (AvgIpc) is 2.74. The van der Waals surface area contributed by atoms with E-state index < -0.39 is 7.12 Å². The minimum atomic E-state index is -0.402. The Kier molecular flexibility index (Phi) is 2.46. The number of hydrogen-bond acceptors (Lipinski definition) is 5. The second kappa shape index (κ2) is 3.74. The van der Waals surface area contributed by atoms with Gasteiger partial charge in [-0.05, 0) is 45.3 Å². The van der Waals surface area contributed by atoms with E-state index in [9.17, 15) is 0 Å². The van der Waals surface area contributed by atoms with Gasteiger partial charge in [-0.2, -0.15) is 4.98 Å². The molecule has 0 aliphatic carbocycles. The first-order valence-corrected chi connectivity index (χ1v) is 6.30. The van der Waals surface area contributed by atoms with Crippen LogP contribution in [-0.2, 0) is 9.31 Å². The van der Waals surface area contributed by atoms with Crippen LogP contribution in [0.4, 0.5) is 6.01 Å². The monoisotopic (exact) mass is 260 g/mol. The first kappa shape index (κ1) is 12.5. The van der Waals surface area contributed by atoms with Gasteiger partial charge in [-0.3, -0.25) is 0 Å². The number of rotatable bonds is 1. The van der Waals surface area contributed by atoms with E-state index in [2.05, 4.69) is 4.98 Å². The molecule has 1 aliphatic rings. The molecule has 0 spiro atoms. The maximum atomic E-state index is 5.99. The van der Waals surface area contributed by atoms with Gasteiger partial charge < -0.3 is 19.5 Å². The predicted molar refractivity (Wildman–Crippen MR) is 74.1 cm³/mol. The molecule has 19 heavy (non-hydrogen) atoms. The molecule has 1 aromatic heterocycles. The van der Waals surface area contributed by atoms with E-state index >= 15 is 0 Å². The summed E-state index contributed by atoms with van der Waals surface area (Å²) in [6, 6.07) is 5.81. The second-order valence-corrected chi connectivity index (χ2v) is 5.87. The summed E-state index contributed by atoms with van der Waals surface area (Å²) in [5.74, 6) is 0. The maximum absolute atomic E-state index is 5.99. The molecule has 2 aromatic rings. The molecule has 0 bridgehead atoms. The summed E-state index contributed by atoms with van der Waals surface area (Å²) >= 11 is 0. The maximum Gasteiger partial charge on any atom is 0.494 e. The van der Waals surface area contributed by atoms with Crippen molar-refractivity contribution in [2.24, 2.45) is 0 Å². The highest BCUT2D eigenvalue weighted by atomic mass is 16.7. The molecule has 1 fully saturated rings. The number of benzene rings is 1. The zero-order chi connectivity index (χ0) is 13.8. The highest BCUT2D eigenvalue weighted by Crippen LogP contribution is 2.36. The van der Waals surface area contributed by atoms with Gasteiger partial charge in [0.25, 0.3) is 6.01 Å². The van der Waals surface area contributed by atoms with Gasteiger partial charge in [0.2, 0.25) is 0 Å². The van der Waals surface area contributed by atoms with E-state index in [1.54, 1.807) is 0 Å². The normalized spacial score (nSPS) is 21.2. The van der Waals surface area contributed by atoms with Crippen LogP contribution in [0.25, 0.3) is 11.1 Å². The van der Waals surface area contributed by atoms with E-state index in [1.165, 1.54) is 0 Å². The molecule has 0 saturated carbocycles. The molecule has 100 valence electrons. The smallest absolute Gasteiger partial charge is 0.424 e. The van der Waals surface area contributed by atoms with Gasteiger partial charge in [-0.1, -0.05) is 6.07 Å².